The summed E-state index contributed by atoms with van der Waals surface area (Å²) in [4.78, 5) is 24.7. The Morgan fingerprint density at radius 3 is 2.70 bits per heavy atom. The third-order valence-electron chi connectivity index (χ3n) is 3.22. The molecule has 8 heteroatoms. The van der Waals surface area contributed by atoms with Gasteiger partial charge in [-0.2, -0.15) is 0 Å². The van der Waals surface area contributed by atoms with Gasteiger partial charge in [0, 0.05) is 43.1 Å². The molecule has 0 aliphatic carbocycles. The van der Waals surface area contributed by atoms with Gasteiger partial charge in [0.25, 0.3) is 0 Å². The quantitative estimate of drug-likeness (QED) is 0.918. The van der Waals surface area contributed by atoms with Crippen LogP contribution >= 0.6 is 22.7 Å². The molecule has 0 aromatic carbocycles. The summed E-state index contributed by atoms with van der Waals surface area (Å²) in [5.74, 6) is 0.120. The number of nitrogen functional groups attached to an aromatic ring is 1. The van der Waals surface area contributed by atoms with Gasteiger partial charge in [-0.05, 0) is 0 Å². The molecule has 0 radical (unpaired) electrons. The Labute approximate surface area is 124 Å². The molecule has 0 saturated carbocycles. The fraction of sp³-hybridized carbons (Fsp3) is 0.417. The van der Waals surface area contributed by atoms with Crippen LogP contribution in [0.5, 0.6) is 0 Å². The van der Waals surface area contributed by atoms with Crippen molar-refractivity contribution in [3.8, 4) is 0 Å². The van der Waals surface area contributed by atoms with Gasteiger partial charge in [0.1, 0.15) is 0 Å². The number of carbonyl (C=O) groups excluding carboxylic acids is 1. The minimum atomic E-state index is 0.120. The summed E-state index contributed by atoms with van der Waals surface area (Å²) in [5.41, 5.74) is 6.34. The van der Waals surface area contributed by atoms with Crippen molar-refractivity contribution in [1.82, 2.24) is 14.9 Å². The summed E-state index contributed by atoms with van der Waals surface area (Å²) in [6.45, 7) is 3.13. The third-order valence-corrected chi connectivity index (χ3v) is 4.78. The molecule has 0 unspecified atom stereocenters. The fourth-order valence-corrected chi connectivity index (χ4v) is 3.45. The normalized spacial score (nSPS) is 15.6. The lowest BCUT2D eigenvalue weighted by atomic mass is 10.2. The first-order valence-electron chi connectivity index (χ1n) is 6.34. The second-order valence-electron chi connectivity index (χ2n) is 4.54. The molecule has 1 saturated heterocycles. The highest BCUT2D eigenvalue weighted by molar-refractivity contribution is 7.13. The molecule has 1 aliphatic heterocycles. The summed E-state index contributed by atoms with van der Waals surface area (Å²) in [6.07, 6.45) is 2.15. The van der Waals surface area contributed by atoms with Crippen LogP contribution in [0.15, 0.2) is 17.0 Å². The smallest absolute Gasteiger partial charge is 0.228 e. The van der Waals surface area contributed by atoms with Crippen LogP contribution in [0.25, 0.3) is 0 Å². The van der Waals surface area contributed by atoms with Gasteiger partial charge >= 0.3 is 0 Å². The molecule has 2 aromatic rings. The van der Waals surface area contributed by atoms with E-state index in [9.17, 15) is 4.79 Å². The molecule has 0 atom stereocenters. The van der Waals surface area contributed by atoms with Gasteiger partial charge in [0.05, 0.1) is 12.1 Å². The number of hydrogen-bond donors (Lipinski definition) is 1. The Morgan fingerprint density at radius 2 is 2.10 bits per heavy atom. The van der Waals surface area contributed by atoms with E-state index in [0.717, 1.165) is 37.0 Å². The Bertz CT molecular complexity index is 574. The van der Waals surface area contributed by atoms with Crippen LogP contribution in [0, 0.1) is 0 Å². The first-order valence-corrected chi connectivity index (χ1v) is 8.10. The predicted molar refractivity (Wildman–Crippen MR) is 81.1 cm³/mol. The van der Waals surface area contributed by atoms with Crippen LogP contribution in [0.3, 0.4) is 0 Å². The molecular weight excluding hydrogens is 294 g/mol. The van der Waals surface area contributed by atoms with Crippen LogP contribution in [0.2, 0.25) is 0 Å². The summed E-state index contributed by atoms with van der Waals surface area (Å²) < 4.78 is 0. The lowest BCUT2D eigenvalue weighted by Crippen LogP contribution is -2.49. The topological polar surface area (TPSA) is 75.3 Å². The van der Waals surface area contributed by atoms with Gasteiger partial charge < -0.3 is 15.5 Å². The van der Waals surface area contributed by atoms with Crippen LogP contribution in [0.1, 0.15) is 5.69 Å². The van der Waals surface area contributed by atoms with E-state index in [0.29, 0.717) is 11.6 Å². The highest BCUT2D eigenvalue weighted by Crippen LogP contribution is 2.19. The van der Waals surface area contributed by atoms with E-state index in [1.165, 1.54) is 11.3 Å². The van der Waals surface area contributed by atoms with E-state index in [-0.39, 0.29) is 5.91 Å². The first-order chi connectivity index (χ1) is 9.72. The largest absolute Gasteiger partial charge is 0.375 e. The van der Waals surface area contributed by atoms with E-state index in [1.54, 1.807) is 11.3 Å². The minimum absolute atomic E-state index is 0.120. The highest BCUT2D eigenvalue weighted by atomic mass is 32.1. The lowest BCUT2D eigenvalue weighted by molar-refractivity contribution is -0.130. The zero-order chi connectivity index (χ0) is 13.9. The Balaban J connectivity index is 1.54. The monoisotopic (exact) mass is 309 g/mol. The zero-order valence-corrected chi connectivity index (χ0v) is 12.5. The highest BCUT2D eigenvalue weighted by Gasteiger charge is 2.22. The number of hydrogen-bond acceptors (Lipinski definition) is 7. The van der Waals surface area contributed by atoms with Crippen molar-refractivity contribution < 1.29 is 4.79 Å². The number of nitrogens with two attached hydrogens (primary N) is 1. The SMILES string of the molecule is Nc1nc(CC(=O)N2CCN(c3nccs3)CC2)cs1. The van der Waals surface area contributed by atoms with Crippen molar-refractivity contribution in [3.05, 3.63) is 22.7 Å². The van der Waals surface area contributed by atoms with Crippen molar-refractivity contribution in [2.24, 2.45) is 0 Å². The van der Waals surface area contributed by atoms with Gasteiger partial charge in [-0.3, -0.25) is 4.79 Å². The molecule has 1 aliphatic rings. The number of anilines is 2. The average Bonchev–Trinajstić information content (AvgIpc) is 3.11. The van der Waals surface area contributed by atoms with Gasteiger partial charge in [-0.1, -0.05) is 0 Å². The summed E-state index contributed by atoms with van der Waals surface area (Å²) in [7, 11) is 0. The van der Waals surface area contributed by atoms with E-state index >= 15 is 0 Å². The van der Waals surface area contributed by atoms with Gasteiger partial charge in [-0.15, -0.1) is 22.7 Å². The molecular formula is C12H15N5OS2. The minimum Gasteiger partial charge on any atom is -0.375 e. The maximum atomic E-state index is 12.2. The van der Waals surface area contributed by atoms with Crippen molar-refractivity contribution >= 4 is 38.8 Å². The van der Waals surface area contributed by atoms with Gasteiger partial charge in [0.15, 0.2) is 10.3 Å². The Morgan fingerprint density at radius 1 is 1.30 bits per heavy atom. The molecule has 20 heavy (non-hydrogen) atoms. The van der Waals surface area contributed by atoms with E-state index < -0.39 is 0 Å². The fourth-order valence-electron chi connectivity index (χ4n) is 2.19. The Hall–Kier alpha value is -1.67. The molecule has 0 bridgehead atoms. The number of thiazole rings is 2. The summed E-state index contributed by atoms with van der Waals surface area (Å²) >= 11 is 3.01. The van der Waals surface area contributed by atoms with Crippen molar-refractivity contribution in [2.45, 2.75) is 6.42 Å². The molecule has 1 fully saturated rings. The van der Waals surface area contributed by atoms with Crippen LogP contribution in [0.4, 0.5) is 10.3 Å². The number of piperazine rings is 1. The molecule has 0 spiro atoms. The number of nitrogens with zero attached hydrogens (tertiary/aromatic N) is 4. The zero-order valence-electron chi connectivity index (χ0n) is 10.9. The van der Waals surface area contributed by atoms with Crippen molar-refractivity contribution in [1.29, 1.82) is 0 Å². The van der Waals surface area contributed by atoms with Gasteiger partial charge in [0.2, 0.25) is 5.91 Å². The maximum absolute atomic E-state index is 12.2. The average molecular weight is 309 g/mol. The number of aromatic nitrogens is 2. The molecule has 3 heterocycles. The molecule has 6 nitrogen and oxygen atoms in total. The molecule has 2 N–H and O–H groups in total. The van der Waals surface area contributed by atoms with Crippen LogP contribution in [-0.2, 0) is 11.2 Å². The molecule has 106 valence electrons. The third kappa shape index (κ3) is 2.91. The maximum Gasteiger partial charge on any atom is 0.228 e. The second kappa shape index (κ2) is 5.76. The van der Waals surface area contributed by atoms with Crippen LogP contribution < -0.4 is 10.6 Å². The van der Waals surface area contributed by atoms with Crippen molar-refractivity contribution in [3.63, 3.8) is 0 Å². The number of carbonyl (C=O) groups is 1. The Kier molecular flexibility index (Phi) is 3.83. The summed E-state index contributed by atoms with van der Waals surface area (Å²) in [5, 5.41) is 5.37. The van der Waals surface area contributed by atoms with E-state index in [2.05, 4.69) is 14.9 Å². The number of rotatable bonds is 3. The second-order valence-corrected chi connectivity index (χ2v) is 6.30. The molecule has 1 amide bonds. The van der Waals surface area contributed by atoms with Crippen molar-refractivity contribution in [2.75, 3.05) is 36.8 Å². The predicted octanol–water partition coefficient (Wildman–Crippen LogP) is 1.07. The standard InChI is InChI=1S/C12H15N5OS2/c13-11-15-9(8-20-11)7-10(18)16-2-4-17(5-3-16)12-14-1-6-19-12/h1,6,8H,2-5,7H2,(H2,13,15). The van der Waals surface area contributed by atoms with Crippen LogP contribution in [-0.4, -0.2) is 47.0 Å². The summed E-state index contributed by atoms with van der Waals surface area (Å²) in [6, 6.07) is 0. The van der Waals surface area contributed by atoms with E-state index in [1.807, 2.05) is 21.9 Å². The molecule has 2 aromatic heterocycles. The van der Waals surface area contributed by atoms with Gasteiger partial charge in [-0.25, -0.2) is 9.97 Å². The first kappa shape index (κ1) is 13.3. The molecule has 3 rings (SSSR count). The van der Waals surface area contributed by atoms with E-state index in [4.69, 9.17) is 5.73 Å². The number of amides is 1. The lowest BCUT2D eigenvalue weighted by Gasteiger charge is -2.34.